The third-order valence-electron chi connectivity index (χ3n) is 5.54. The van der Waals surface area contributed by atoms with Crippen molar-refractivity contribution in [3.05, 3.63) is 65.2 Å². The minimum atomic E-state index is -0.747. The summed E-state index contributed by atoms with van der Waals surface area (Å²) < 4.78 is 19.7. The summed E-state index contributed by atoms with van der Waals surface area (Å²) in [6.45, 7) is 4.34. The number of pyridine rings is 1. The smallest absolute Gasteiger partial charge is 0.270 e. The molecule has 2 amide bonds. The van der Waals surface area contributed by atoms with Crippen LogP contribution in [-0.2, 0) is 0 Å². The van der Waals surface area contributed by atoms with Gasteiger partial charge in [-0.3, -0.25) is 25.6 Å². The Balaban J connectivity index is 1.47. The molecule has 1 aliphatic heterocycles. The number of nitrogens with one attached hydrogen (secondary N) is 1. The average molecular weight is 515 g/mol. The molecular formula is C23H27FN8O3S. The van der Waals surface area contributed by atoms with E-state index in [1.165, 1.54) is 22.7 Å². The van der Waals surface area contributed by atoms with Crippen LogP contribution in [-0.4, -0.2) is 77.6 Å². The molecule has 0 radical (unpaired) electrons. The number of amides is 2. The second-order valence-corrected chi connectivity index (χ2v) is 9.12. The molecule has 3 aromatic rings. The molecule has 190 valence electrons. The van der Waals surface area contributed by atoms with Crippen LogP contribution in [0.4, 0.5) is 15.2 Å². The minimum Gasteiger partial charge on any atom is -0.474 e. The predicted molar refractivity (Wildman–Crippen MR) is 133 cm³/mol. The number of rotatable bonds is 9. The third-order valence-corrected chi connectivity index (χ3v) is 6.36. The maximum atomic E-state index is 13.8. The van der Waals surface area contributed by atoms with Crippen LogP contribution >= 0.6 is 11.3 Å². The van der Waals surface area contributed by atoms with Crippen LogP contribution < -0.4 is 26.6 Å². The van der Waals surface area contributed by atoms with E-state index >= 15 is 0 Å². The van der Waals surface area contributed by atoms with Gasteiger partial charge in [0, 0.05) is 55.9 Å². The first-order valence-corrected chi connectivity index (χ1v) is 12.1. The SMILES string of the molecule is CN1CCN(CC(N)Oc2cccc(C(=O)NN(c3ccnc(F)c3)c3nc(C(N)=O)cs3)c2)CC1. The van der Waals surface area contributed by atoms with E-state index in [1.54, 1.807) is 24.3 Å². The number of benzene rings is 1. The molecule has 1 aliphatic rings. The van der Waals surface area contributed by atoms with Crippen molar-refractivity contribution in [1.82, 2.24) is 25.2 Å². The van der Waals surface area contributed by atoms with E-state index in [0.717, 1.165) is 43.6 Å². The summed E-state index contributed by atoms with van der Waals surface area (Å²) in [5.41, 5.74) is 14.8. The molecule has 11 nitrogen and oxygen atoms in total. The predicted octanol–water partition coefficient (Wildman–Crippen LogP) is 1.17. The molecule has 1 saturated heterocycles. The molecule has 1 fully saturated rings. The van der Waals surface area contributed by atoms with Gasteiger partial charge in [-0.1, -0.05) is 6.07 Å². The summed E-state index contributed by atoms with van der Waals surface area (Å²) in [4.78, 5) is 36.8. The van der Waals surface area contributed by atoms with Crippen LogP contribution in [0.3, 0.4) is 0 Å². The van der Waals surface area contributed by atoms with Gasteiger partial charge in [-0.05, 0) is 31.3 Å². The summed E-state index contributed by atoms with van der Waals surface area (Å²) >= 11 is 1.06. The number of hydrogen-bond donors (Lipinski definition) is 3. The van der Waals surface area contributed by atoms with Gasteiger partial charge in [0.05, 0.1) is 5.69 Å². The van der Waals surface area contributed by atoms with Crippen molar-refractivity contribution < 1.29 is 18.7 Å². The second kappa shape index (κ2) is 11.4. The van der Waals surface area contributed by atoms with Crippen LogP contribution in [0.5, 0.6) is 5.75 Å². The number of hydrogen-bond acceptors (Lipinski definition) is 10. The van der Waals surface area contributed by atoms with E-state index in [1.807, 2.05) is 0 Å². The fourth-order valence-electron chi connectivity index (χ4n) is 3.61. The Kier molecular flexibility index (Phi) is 8.05. The summed E-state index contributed by atoms with van der Waals surface area (Å²) in [6, 6.07) is 9.19. The van der Waals surface area contributed by atoms with Gasteiger partial charge in [-0.2, -0.15) is 4.39 Å². The van der Waals surface area contributed by atoms with Gasteiger partial charge in [0.15, 0.2) is 6.23 Å². The van der Waals surface area contributed by atoms with E-state index < -0.39 is 24.0 Å². The van der Waals surface area contributed by atoms with Crippen LogP contribution in [0.1, 0.15) is 20.8 Å². The molecule has 36 heavy (non-hydrogen) atoms. The molecule has 4 rings (SSSR count). The van der Waals surface area contributed by atoms with Gasteiger partial charge in [-0.25, -0.2) is 15.0 Å². The quantitative estimate of drug-likeness (QED) is 0.218. The van der Waals surface area contributed by atoms with Gasteiger partial charge >= 0.3 is 0 Å². The standard InChI is InChI=1S/C23H27FN8O3S/c1-30-7-9-31(10-8-30)13-20(25)35-17-4-2-3-15(11-17)22(34)29-32(16-5-6-27-19(24)12-16)23-28-18(14-36-23)21(26)33/h2-6,11-12,14,20H,7-10,13,25H2,1H3,(H2,26,33)(H,29,34). The Bertz CT molecular complexity index is 1220. The first-order valence-electron chi connectivity index (χ1n) is 11.2. The van der Waals surface area contributed by atoms with E-state index in [2.05, 4.69) is 32.2 Å². The molecule has 1 aromatic carbocycles. The van der Waals surface area contributed by atoms with Crippen molar-refractivity contribution in [3.8, 4) is 5.75 Å². The lowest BCUT2D eigenvalue weighted by Gasteiger charge is -2.33. The lowest BCUT2D eigenvalue weighted by atomic mass is 10.2. The Hall–Kier alpha value is -3.65. The first-order chi connectivity index (χ1) is 17.3. The van der Waals surface area contributed by atoms with E-state index in [9.17, 15) is 14.0 Å². The number of thiazole rings is 1. The van der Waals surface area contributed by atoms with E-state index in [-0.39, 0.29) is 22.1 Å². The highest BCUT2D eigenvalue weighted by Crippen LogP contribution is 2.27. The van der Waals surface area contributed by atoms with Gasteiger partial charge in [0.2, 0.25) is 11.1 Å². The van der Waals surface area contributed by atoms with Gasteiger partial charge in [-0.15, -0.1) is 11.3 Å². The van der Waals surface area contributed by atoms with Crippen molar-refractivity contribution in [1.29, 1.82) is 0 Å². The highest BCUT2D eigenvalue weighted by atomic mass is 32.1. The molecule has 1 unspecified atom stereocenters. The first kappa shape index (κ1) is 25.4. The zero-order valence-corrected chi connectivity index (χ0v) is 20.4. The highest BCUT2D eigenvalue weighted by Gasteiger charge is 2.21. The molecule has 5 N–H and O–H groups in total. The molecule has 2 aromatic heterocycles. The van der Waals surface area contributed by atoms with Crippen LogP contribution in [0.25, 0.3) is 0 Å². The molecular weight excluding hydrogens is 487 g/mol. The number of aromatic nitrogens is 2. The maximum absolute atomic E-state index is 13.8. The summed E-state index contributed by atoms with van der Waals surface area (Å²) in [5, 5.41) is 2.92. The second-order valence-electron chi connectivity index (χ2n) is 8.28. The normalized spacial score (nSPS) is 15.3. The molecule has 0 saturated carbocycles. The number of primary amides is 1. The van der Waals surface area contributed by atoms with Crippen molar-refractivity contribution in [2.45, 2.75) is 6.23 Å². The number of carbonyl (C=O) groups excluding carboxylic acids is 2. The number of nitrogens with zero attached hydrogens (tertiary/aromatic N) is 5. The number of nitrogens with two attached hydrogens (primary N) is 2. The Morgan fingerprint density at radius 1 is 1.25 bits per heavy atom. The lowest BCUT2D eigenvalue weighted by Crippen LogP contribution is -2.49. The summed E-state index contributed by atoms with van der Waals surface area (Å²) in [6.07, 6.45) is 0.688. The Morgan fingerprint density at radius 3 is 2.72 bits per heavy atom. The summed E-state index contributed by atoms with van der Waals surface area (Å²) in [7, 11) is 2.09. The molecule has 0 aliphatic carbocycles. The van der Waals surface area contributed by atoms with Crippen molar-refractivity contribution in [2.75, 3.05) is 44.8 Å². The van der Waals surface area contributed by atoms with Crippen LogP contribution in [0.15, 0.2) is 48.0 Å². The fourth-order valence-corrected chi connectivity index (χ4v) is 4.40. The Labute approximate surface area is 211 Å². The van der Waals surface area contributed by atoms with E-state index in [0.29, 0.717) is 12.3 Å². The minimum absolute atomic E-state index is 0.0218. The number of carbonyl (C=O) groups is 2. The zero-order valence-electron chi connectivity index (χ0n) is 19.6. The molecule has 3 heterocycles. The monoisotopic (exact) mass is 514 g/mol. The summed E-state index contributed by atoms with van der Waals surface area (Å²) in [5.74, 6) is -1.54. The number of halogens is 1. The van der Waals surface area contributed by atoms with E-state index in [4.69, 9.17) is 16.2 Å². The van der Waals surface area contributed by atoms with Crippen LogP contribution in [0, 0.1) is 5.95 Å². The third kappa shape index (κ3) is 6.51. The lowest BCUT2D eigenvalue weighted by molar-refractivity contribution is 0.0938. The molecule has 1 atom stereocenters. The molecule has 13 heteroatoms. The maximum Gasteiger partial charge on any atom is 0.270 e. The molecule has 0 bridgehead atoms. The molecule has 0 spiro atoms. The topological polar surface area (TPSA) is 143 Å². The van der Waals surface area contributed by atoms with Gasteiger partial charge in [0.1, 0.15) is 11.4 Å². The number of anilines is 2. The highest BCUT2D eigenvalue weighted by molar-refractivity contribution is 7.14. The van der Waals surface area contributed by atoms with Crippen molar-refractivity contribution >= 4 is 34.0 Å². The average Bonchev–Trinajstić information content (AvgIpc) is 3.34. The fraction of sp³-hybridized carbons (Fsp3) is 0.304. The number of ether oxygens (including phenoxy) is 1. The van der Waals surface area contributed by atoms with Crippen molar-refractivity contribution in [3.63, 3.8) is 0 Å². The largest absolute Gasteiger partial charge is 0.474 e. The zero-order chi connectivity index (χ0) is 25.7. The van der Waals surface area contributed by atoms with Gasteiger partial charge in [0.25, 0.3) is 11.8 Å². The van der Waals surface area contributed by atoms with Crippen molar-refractivity contribution in [2.24, 2.45) is 11.5 Å². The van der Waals surface area contributed by atoms with Gasteiger partial charge < -0.3 is 15.4 Å². The van der Waals surface area contributed by atoms with Crippen LogP contribution in [0.2, 0.25) is 0 Å². The number of hydrazine groups is 1. The Morgan fingerprint density at radius 2 is 2.03 bits per heavy atom. The number of piperazine rings is 1. The number of likely N-dealkylation sites (N-methyl/N-ethyl adjacent to an activating group) is 1.